The van der Waals surface area contributed by atoms with Gasteiger partial charge in [-0.2, -0.15) is 0 Å². The Kier molecular flexibility index (Phi) is 4.63. The number of benzene rings is 1. The highest BCUT2D eigenvalue weighted by molar-refractivity contribution is 6.31. The predicted molar refractivity (Wildman–Crippen MR) is 71.0 cm³/mol. The van der Waals surface area contributed by atoms with Crippen molar-refractivity contribution >= 4 is 23.3 Å². The molecule has 1 rings (SSSR count). The maximum absolute atomic E-state index is 11.7. The van der Waals surface area contributed by atoms with E-state index in [0.717, 1.165) is 5.56 Å². The van der Waals surface area contributed by atoms with Crippen molar-refractivity contribution < 1.29 is 4.79 Å². The molecule has 0 aromatic heterocycles. The van der Waals surface area contributed by atoms with Gasteiger partial charge in [-0.05, 0) is 37.6 Å². The smallest absolute Gasteiger partial charge is 0.317 e. The molecular weight excluding hydrogens is 238 g/mol. The van der Waals surface area contributed by atoms with Crippen LogP contribution in [0.1, 0.15) is 19.4 Å². The van der Waals surface area contributed by atoms with Gasteiger partial charge < -0.3 is 16.0 Å². The highest BCUT2D eigenvalue weighted by atomic mass is 35.5. The highest BCUT2D eigenvalue weighted by Gasteiger charge is 2.11. The Bertz CT molecular complexity index is 407. The molecule has 0 aliphatic rings. The number of carbonyl (C=O) groups excluding carboxylic acids is 1. The summed E-state index contributed by atoms with van der Waals surface area (Å²) in [6.07, 6.45) is 0. The maximum Gasteiger partial charge on any atom is 0.317 e. The molecule has 0 aliphatic heterocycles. The largest absolute Gasteiger partial charge is 0.399 e. The first-order valence-corrected chi connectivity index (χ1v) is 5.83. The molecule has 1 aromatic carbocycles. The molecule has 2 amide bonds. The van der Waals surface area contributed by atoms with Gasteiger partial charge in [-0.1, -0.05) is 11.6 Å². The third-order valence-corrected chi connectivity index (χ3v) is 2.60. The van der Waals surface area contributed by atoms with E-state index in [2.05, 4.69) is 5.32 Å². The van der Waals surface area contributed by atoms with Crippen molar-refractivity contribution in [2.24, 2.45) is 0 Å². The molecule has 17 heavy (non-hydrogen) atoms. The lowest BCUT2D eigenvalue weighted by atomic mass is 10.2. The first-order valence-electron chi connectivity index (χ1n) is 5.45. The van der Waals surface area contributed by atoms with Gasteiger partial charge >= 0.3 is 6.03 Å². The summed E-state index contributed by atoms with van der Waals surface area (Å²) in [5.74, 6) is 0. The molecular formula is C12H18ClN3O. The van der Waals surface area contributed by atoms with Crippen molar-refractivity contribution in [3.8, 4) is 0 Å². The third kappa shape index (κ3) is 4.15. The zero-order valence-electron chi connectivity index (χ0n) is 10.3. The van der Waals surface area contributed by atoms with Crippen LogP contribution in [0.5, 0.6) is 0 Å². The van der Waals surface area contributed by atoms with Gasteiger partial charge in [0.1, 0.15) is 0 Å². The molecule has 0 atom stereocenters. The number of carbonyl (C=O) groups is 1. The minimum Gasteiger partial charge on any atom is -0.399 e. The van der Waals surface area contributed by atoms with Crippen molar-refractivity contribution in [1.29, 1.82) is 0 Å². The van der Waals surface area contributed by atoms with E-state index in [9.17, 15) is 4.79 Å². The van der Waals surface area contributed by atoms with Crippen LogP contribution in [-0.4, -0.2) is 24.0 Å². The number of hydrogen-bond acceptors (Lipinski definition) is 2. The van der Waals surface area contributed by atoms with Gasteiger partial charge in [-0.25, -0.2) is 4.79 Å². The second kappa shape index (κ2) is 5.77. The minimum absolute atomic E-state index is 0.112. The summed E-state index contributed by atoms with van der Waals surface area (Å²) >= 11 is 6.04. The van der Waals surface area contributed by atoms with Crippen LogP contribution in [-0.2, 0) is 6.54 Å². The van der Waals surface area contributed by atoms with Gasteiger partial charge in [-0.3, -0.25) is 0 Å². The zero-order valence-corrected chi connectivity index (χ0v) is 11.1. The standard InChI is InChI=1S/C12H18ClN3O/c1-8(2)15-12(17)16(3)7-9-6-10(14)4-5-11(9)13/h4-6,8H,7,14H2,1-3H3,(H,15,17). The Morgan fingerprint density at radius 1 is 1.53 bits per heavy atom. The topological polar surface area (TPSA) is 58.4 Å². The molecule has 94 valence electrons. The molecule has 5 heteroatoms. The summed E-state index contributed by atoms with van der Waals surface area (Å²) in [4.78, 5) is 13.3. The van der Waals surface area contributed by atoms with Crippen LogP contribution < -0.4 is 11.1 Å². The monoisotopic (exact) mass is 255 g/mol. The Morgan fingerprint density at radius 3 is 2.76 bits per heavy atom. The lowest BCUT2D eigenvalue weighted by Gasteiger charge is -2.20. The molecule has 0 aliphatic carbocycles. The van der Waals surface area contributed by atoms with Crippen LogP contribution in [0.2, 0.25) is 5.02 Å². The molecule has 0 radical (unpaired) electrons. The number of amides is 2. The molecule has 0 fully saturated rings. The number of hydrogen-bond donors (Lipinski definition) is 2. The molecule has 4 nitrogen and oxygen atoms in total. The molecule has 1 aromatic rings. The molecule has 0 saturated heterocycles. The average Bonchev–Trinajstić information content (AvgIpc) is 2.22. The number of halogens is 1. The Morgan fingerprint density at radius 2 is 2.18 bits per heavy atom. The minimum atomic E-state index is -0.126. The van der Waals surface area contributed by atoms with Crippen LogP contribution in [0.3, 0.4) is 0 Å². The van der Waals surface area contributed by atoms with Crippen LogP contribution in [0.4, 0.5) is 10.5 Å². The fourth-order valence-corrected chi connectivity index (χ4v) is 1.58. The first kappa shape index (κ1) is 13.6. The molecule has 0 unspecified atom stereocenters. The second-order valence-corrected chi connectivity index (χ2v) is 4.72. The van der Waals surface area contributed by atoms with Crippen LogP contribution in [0.25, 0.3) is 0 Å². The number of rotatable bonds is 3. The lowest BCUT2D eigenvalue weighted by molar-refractivity contribution is 0.204. The van der Waals surface area contributed by atoms with E-state index in [1.807, 2.05) is 13.8 Å². The van der Waals surface area contributed by atoms with E-state index >= 15 is 0 Å². The van der Waals surface area contributed by atoms with Crippen molar-refractivity contribution in [2.45, 2.75) is 26.4 Å². The van der Waals surface area contributed by atoms with Crippen LogP contribution in [0, 0.1) is 0 Å². The van der Waals surface area contributed by atoms with Gasteiger partial charge in [0.05, 0.1) is 0 Å². The number of anilines is 1. The fourth-order valence-electron chi connectivity index (χ4n) is 1.40. The molecule has 0 saturated carbocycles. The summed E-state index contributed by atoms with van der Waals surface area (Å²) in [5, 5.41) is 3.42. The average molecular weight is 256 g/mol. The normalized spacial score (nSPS) is 10.4. The van der Waals surface area contributed by atoms with Crippen LogP contribution in [0.15, 0.2) is 18.2 Å². The van der Waals surface area contributed by atoms with E-state index in [-0.39, 0.29) is 12.1 Å². The van der Waals surface area contributed by atoms with Crippen molar-refractivity contribution in [3.05, 3.63) is 28.8 Å². The van der Waals surface area contributed by atoms with Gasteiger partial charge in [-0.15, -0.1) is 0 Å². The lowest BCUT2D eigenvalue weighted by Crippen LogP contribution is -2.40. The van der Waals surface area contributed by atoms with Crippen molar-refractivity contribution in [3.63, 3.8) is 0 Å². The van der Waals surface area contributed by atoms with Crippen LogP contribution >= 0.6 is 11.6 Å². The van der Waals surface area contributed by atoms with Gasteiger partial charge in [0.25, 0.3) is 0 Å². The summed E-state index contributed by atoms with van der Waals surface area (Å²) in [6.45, 7) is 4.26. The van der Waals surface area contributed by atoms with Gasteiger partial charge in [0.2, 0.25) is 0 Å². The van der Waals surface area contributed by atoms with Gasteiger partial charge in [0.15, 0.2) is 0 Å². The fraction of sp³-hybridized carbons (Fsp3) is 0.417. The van der Waals surface area contributed by atoms with E-state index in [0.29, 0.717) is 17.3 Å². The summed E-state index contributed by atoms with van der Waals surface area (Å²) < 4.78 is 0. The van der Waals surface area contributed by atoms with E-state index in [1.54, 1.807) is 30.1 Å². The van der Waals surface area contributed by atoms with E-state index in [1.165, 1.54) is 0 Å². The Labute approximate surface area is 107 Å². The first-order chi connectivity index (χ1) is 7.90. The van der Waals surface area contributed by atoms with E-state index < -0.39 is 0 Å². The summed E-state index contributed by atoms with van der Waals surface area (Å²) in [7, 11) is 1.72. The third-order valence-electron chi connectivity index (χ3n) is 2.24. The second-order valence-electron chi connectivity index (χ2n) is 4.31. The number of urea groups is 1. The predicted octanol–water partition coefficient (Wildman–Crippen LogP) is 2.47. The quantitative estimate of drug-likeness (QED) is 0.816. The number of nitrogens with zero attached hydrogens (tertiary/aromatic N) is 1. The molecule has 3 N–H and O–H groups in total. The van der Waals surface area contributed by atoms with Gasteiger partial charge in [0, 0.05) is 30.3 Å². The number of nitrogens with two attached hydrogens (primary N) is 1. The van der Waals surface area contributed by atoms with Crippen molar-refractivity contribution in [1.82, 2.24) is 10.2 Å². The highest BCUT2D eigenvalue weighted by Crippen LogP contribution is 2.20. The maximum atomic E-state index is 11.7. The Balaban J connectivity index is 2.70. The summed E-state index contributed by atoms with van der Waals surface area (Å²) in [5.41, 5.74) is 7.16. The van der Waals surface area contributed by atoms with E-state index in [4.69, 9.17) is 17.3 Å². The van der Waals surface area contributed by atoms with Crippen molar-refractivity contribution in [2.75, 3.05) is 12.8 Å². The SMILES string of the molecule is CC(C)NC(=O)N(C)Cc1cc(N)ccc1Cl. The molecule has 0 bridgehead atoms. The zero-order chi connectivity index (χ0) is 13.0. The molecule has 0 spiro atoms. The summed E-state index contributed by atoms with van der Waals surface area (Å²) in [6, 6.07) is 5.24. The molecule has 0 heterocycles. The number of nitrogens with one attached hydrogen (secondary N) is 1. The Hall–Kier alpha value is -1.42. The number of nitrogen functional groups attached to an aromatic ring is 1.